The normalized spacial score (nSPS) is 35.6. The fourth-order valence-electron chi connectivity index (χ4n) is 3.54. The molecule has 2 N–H and O–H groups in total. The van der Waals surface area contributed by atoms with Crippen LogP contribution in [0.1, 0.15) is 56.7 Å². The molecular weight excluding hydrogens is 214 g/mol. The van der Waals surface area contributed by atoms with E-state index in [9.17, 15) is 0 Å². The predicted molar refractivity (Wildman–Crippen MR) is 64.5 cm³/mol. The quantitative estimate of drug-likeness (QED) is 0.869. The van der Waals surface area contributed by atoms with Gasteiger partial charge in [-0.05, 0) is 37.5 Å². The minimum Gasteiger partial charge on any atom is -0.339 e. The average molecular weight is 235 g/mol. The van der Waals surface area contributed by atoms with Gasteiger partial charge in [0.25, 0.3) is 0 Å². The topological polar surface area (TPSA) is 64.9 Å². The average Bonchev–Trinajstić information content (AvgIpc) is 3.00. The summed E-state index contributed by atoms with van der Waals surface area (Å²) in [6.07, 6.45) is 7.06. The van der Waals surface area contributed by atoms with Gasteiger partial charge in [0.05, 0.1) is 5.92 Å². The first-order chi connectivity index (χ1) is 8.29. The van der Waals surface area contributed by atoms with Gasteiger partial charge in [-0.2, -0.15) is 4.98 Å². The Balaban J connectivity index is 1.73. The summed E-state index contributed by atoms with van der Waals surface area (Å²) in [7, 11) is 0. The van der Waals surface area contributed by atoms with Gasteiger partial charge in [0.1, 0.15) is 0 Å². The van der Waals surface area contributed by atoms with Crippen LogP contribution < -0.4 is 5.73 Å². The van der Waals surface area contributed by atoms with Gasteiger partial charge in [0.2, 0.25) is 5.89 Å². The molecule has 2 fully saturated rings. The largest absolute Gasteiger partial charge is 0.339 e. The minimum atomic E-state index is 0.244. The molecule has 2 saturated carbocycles. The van der Waals surface area contributed by atoms with E-state index in [1.807, 2.05) is 0 Å². The van der Waals surface area contributed by atoms with Crippen molar-refractivity contribution < 1.29 is 4.52 Å². The number of unbranched alkanes of at least 4 members (excludes halogenated alkanes) is 1. The fourth-order valence-corrected chi connectivity index (χ4v) is 3.54. The van der Waals surface area contributed by atoms with Gasteiger partial charge in [-0.15, -0.1) is 0 Å². The van der Waals surface area contributed by atoms with Gasteiger partial charge in [0.15, 0.2) is 5.82 Å². The Kier molecular flexibility index (Phi) is 2.90. The van der Waals surface area contributed by atoms with E-state index in [2.05, 4.69) is 17.1 Å². The number of rotatable bonds is 4. The smallest absolute Gasteiger partial charge is 0.231 e. The van der Waals surface area contributed by atoms with Crippen LogP contribution in [0.15, 0.2) is 4.52 Å². The summed E-state index contributed by atoms with van der Waals surface area (Å²) < 4.78 is 5.43. The molecule has 3 rings (SSSR count). The molecule has 0 saturated heterocycles. The summed E-state index contributed by atoms with van der Waals surface area (Å²) in [5.41, 5.74) is 6.28. The number of nitrogens with two attached hydrogens (primary N) is 1. The summed E-state index contributed by atoms with van der Waals surface area (Å²) in [5.74, 6) is 3.37. The number of hydrogen-bond donors (Lipinski definition) is 1. The molecule has 94 valence electrons. The summed E-state index contributed by atoms with van der Waals surface area (Å²) in [6.45, 7) is 2.17. The first kappa shape index (κ1) is 11.2. The van der Waals surface area contributed by atoms with E-state index in [0.717, 1.165) is 31.0 Å². The van der Waals surface area contributed by atoms with Crippen LogP contribution in [0, 0.1) is 11.8 Å². The van der Waals surface area contributed by atoms with Crippen molar-refractivity contribution in [2.45, 2.75) is 57.4 Å². The Labute approximate surface area is 102 Å². The maximum Gasteiger partial charge on any atom is 0.231 e. The molecule has 4 unspecified atom stereocenters. The van der Waals surface area contributed by atoms with Gasteiger partial charge < -0.3 is 10.3 Å². The number of nitrogens with zero attached hydrogens (tertiary/aromatic N) is 2. The number of hydrogen-bond acceptors (Lipinski definition) is 4. The third-order valence-corrected chi connectivity index (χ3v) is 4.50. The number of aromatic nitrogens is 2. The molecule has 0 spiro atoms. The molecule has 4 heteroatoms. The van der Waals surface area contributed by atoms with Crippen molar-refractivity contribution in [2.24, 2.45) is 17.6 Å². The Morgan fingerprint density at radius 1 is 1.35 bits per heavy atom. The highest BCUT2D eigenvalue weighted by Crippen LogP contribution is 2.51. The second-order valence-electron chi connectivity index (χ2n) is 5.59. The zero-order valence-electron chi connectivity index (χ0n) is 10.4. The SMILES string of the molecule is CCCCc1noc(C2C3CCC(C3)C2N)n1. The monoisotopic (exact) mass is 235 g/mol. The lowest BCUT2D eigenvalue weighted by Crippen LogP contribution is -2.34. The molecule has 1 heterocycles. The van der Waals surface area contributed by atoms with Gasteiger partial charge in [-0.3, -0.25) is 0 Å². The van der Waals surface area contributed by atoms with E-state index in [4.69, 9.17) is 10.3 Å². The third-order valence-electron chi connectivity index (χ3n) is 4.50. The van der Waals surface area contributed by atoms with Crippen LogP contribution in [0.4, 0.5) is 0 Å². The zero-order valence-corrected chi connectivity index (χ0v) is 10.4. The van der Waals surface area contributed by atoms with Crippen molar-refractivity contribution in [3.63, 3.8) is 0 Å². The maximum atomic E-state index is 6.28. The Morgan fingerprint density at radius 3 is 2.88 bits per heavy atom. The van der Waals surface area contributed by atoms with Crippen LogP contribution in [0.25, 0.3) is 0 Å². The second-order valence-corrected chi connectivity index (χ2v) is 5.59. The Hall–Kier alpha value is -0.900. The van der Waals surface area contributed by atoms with Crippen LogP contribution in [-0.4, -0.2) is 16.2 Å². The molecule has 1 aromatic heterocycles. The van der Waals surface area contributed by atoms with Crippen LogP contribution >= 0.6 is 0 Å². The molecule has 0 aliphatic heterocycles. The van der Waals surface area contributed by atoms with Crippen LogP contribution in [0.2, 0.25) is 0 Å². The lowest BCUT2D eigenvalue weighted by atomic mass is 9.85. The van der Waals surface area contributed by atoms with Crippen molar-refractivity contribution in [3.8, 4) is 0 Å². The van der Waals surface area contributed by atoms with Gasteiger partial charge in [0, 0.05) is 12.5 Å². The standard InChI is InChI=1S/C13H21N3O/c1-2-3-4-10-15-13(17-16-10)11-8-5-6-9(7-8)12(11)14/h8-9,11-12H,2-7,14H2,1H3. The minimum absolute atomic E-state index is 0.244. The molecule has 1 aromatic rings. The van der Waals surface area contributed by atoms with Crippen molar-refractivity contribution in [2.75, 3.05) is 0 Å². The Bertz CT molecular complexity index is 388. The molecule has 4 nitrogen and oxygen atoms in total. The number of aryl methyl sites for hydroxylation is 1. The molecule has 2 aliphatic rings. The van der Waals surface area contributed by atoms with Crippen LogP contribution in [-0.2, 0) is 6.42 Å². The highest BCUT2D eigenvalue weighted by molar-refractivity contribution is 5.11. The second kappa shape index (κ2) is 4.41. The van der Waals surface area contributed by atoms with Crippen molar-refractivity contribution in [1.82, 2.24) is 10.1 Å². The van der Waals surface area contributed by atoms with Crippen LogP contribution in [0.5, 0.6) is 0 Å². The molecule has 2 aliphatic carbocycles. The maximum absolute atomic E-state index is 6.28. The lowest BCUT2D eigenvalue weighted by molar-refractivity contribution is 0.278. The molecule has 0 aromatic carbocycles. The Morgan fingerprint density at radius 2 is 2.18 bits per heavy atom. The van der Waals surface area contributed by atoms with E-state index in [0.29, 0.717) is 17.8 Å². The van der Waals surface area contributed by atoms with E-state index in [1.54, 1.807) is 0 Å². The molecule has 17 heavy (non-hydrogen) atoms. The highest BCUT2D eigenvalue weighted by Gasteiger charge is 2.48. The van der Waals surface area contributed by atoms with Gasteiger partial charge >= 0.3 is 0 Å². The van der Waals surface area contributed by atoms with E-state index in [1.165, 1.54) is 19.3 Å². The third kappa shape index (κ3) is 1.88. The van der Waals surface area contributed by atoms with E-state index in [-0.39, 0.29) is 6.04 Å². The molecular formula is C13H21N3O. The fraction of sp³-hybridized carbons (Fsp3) is 0.846. The zero-order chi connectivity index (χ0) is 11.8. The summed E-state index contributed by atoms with van der Waals surface area (Å²) in [5, 5.41) is 4.07. The number of fused-ring (bicyclic) bond motifs is 2. The van der Waals surface area contributed by atoms with Gasteiger partial charge in [-0.25, -0.2) is 0 Å². The molecule has 4 atom stereocenters. The van der Waals surface area contributed by atoms with Crippen LogP contribution in [0.3, 0.4) is 0 Å². The van der Waals surface area contributed by atoms with E-state index < -0.39 is 0 Å². The molecule has 0 radical (unpaired) electrons. The predicted octanol–water partition coefficient (Wildman–Crippen LogP) is 2.25. The lowest BCUT2D eigenvalue weighted by Gasteiger charge is -2.24. The first-order valence-corrected chi connectivity index (χ1v) is 6.87. The van der Waals surface area contributed by atoms with Crippen molar-refractivity contribution in [1.29, 1.82) is 0 Å². The van der Waals surface area contributed by atoms with Crippen molar-refractivity contribution >= 4 is 0 Å². The van der Waals surface area contributed by atoms with Gasteiger partial charge in [-0.1, -0.05) is 18.5 Å². The highest BCUT2D eigenvalue weighted by atomic mass is 16.5. The van der Waals surface area contributed by atoms with Crippen molar-refractivity contribution in [3.05, 3.63) is 11.7 Å². The van der Waals surface area contributed by atoms with E-state index >= 15 is 0 Å². The first-order valence-electron chi connectivity index (χ1n) is 6.87. The molecule has 2 bridgehead atoms. The molecule has 0 amide bonds. The summed E-state index contributed by atoms with van der Waals surface area (Å²) in [4.78, 5) is 4.54. The summed E-state index contributed by atoms with van der Waals surface area (Å²) in [6, 6.07) is 0.244. The summed E-state index contributed by atoms with van der Waals surface area (Å²) >= 11 is 0.